The number of carbonyl (C=O) groups excluding carboxylic acids is 1. The molecule has 1 amide bonds. The SMILES string of the molecule is O=C(NCCNc1ccccc1S(=O)(=O)C(F)(F)F)c1c(F)cccc1F. The number of hydrogen-bond acceptors (Lipinski definition) is 4. The first-order chi connectivity index (χ1) is 12.6. The van der Waals surface area contributed by atoms with Crippen molar-refractivity contribution in [3.05, 3.63) is 59.7 Å². The molecular weight excluding hydrogens is 395 g/mol. The summed E-state index contributed by atoms with van der Waals surface area (Å²) in [4.78, 5) is 10.8. The van der Waals surface area contributed by atoms with Crippen molar-refractivity contribution in [1.82, 2.24) is 5.32 Å². The van der Waals surface area contributed by atoms with Crippen LogP contribution in [-0.4, -0.2) is 32.9 Å². The van der Waals surface area contributed by atoms with E-state index >= 15 is 0 Å². The molecule has 0 spiro atoms. The lowest BCUT2D eigenvalue weighted by Gasteiger charge is -2.14. The maximum absolute atomic E-state index is 13.5. The number of nitrogens with one attached hydrogen (secondary N) is 2. The molecule has 0 bridgehead atoms. The van der Waals surface area contributed by atoms with Gasteiger partial charge in [0, 0.05) is 13.1 Å². The van der Waals surface area contributed by atoms with Gasteiger partial charge in [-0.05, 0) is 24.3 Å². The van der Waals surface area contributed by atoms with Crippen molar-refractivity contribution in [1.29, 1.82) is 0 Å². The van der Waals surface area contributed by atoms with E-state index in [1.165, 1.54) is 6.07 Å². The zero-order chi connectivity index (χ0) is 20.2. The second kappa shape index (κ2) is 7.91. The molecule has 2 aromatic carbocycles. The highest BCUT2D eigenvalue weighted by molar-refractivity contribution is 7.92. The Morgan fingerprint density at radius 2 is 1.52 bits per heavy atom. The molecular formula is C16H13F5N2O3S. The van der Waals surface area contributed by atoms with E-state index < -0.39 is 43.3 Å². The topological polar surface area (TPSA) is 75.3 Å². The van der Waals surface area contributed by atoms with Crippen LogP contribution in [0.5, 0.6) is 0 Å². The van der Waals surface area contributed by atoms with Crippen molar-refractivity contribution < 1.29 is 35.2 Å². The number of hydrogen-bond donors (Lipinski definition) is 2. The molecule has 5 nitrogen and oxygen atoms in total. The van der Waals surface area contributed by atoms with Gasteiger partial charge >= 0.3 is 5.51 Å². The van der Waals surface area contributed by atoms with Gasteiger partial charge in [0.15, 0.2) is 0 Å². The average molecular weight is 408 g/mol. The lowest BCUT2D eigenvalue weighted by molar-refractivity contribution is -0.0435. The predicted octanol–water partition coefficient (Wildman–Crippen LogP) is 3.10. The molecule has 0 aliphatic carbocycles. The number of sulfone groups is 1. The number of amides is 1. The molecule has 0 aliphatic heterocycles. The van der Waals surface area contributed by atoms with Crippen LogP contribution in [0.25, 0.3) is 0 Å². The summed E-state index contributed by atoms with van der Waals surface area (Å²) < 4.78 is 88.2. The fraction of sp³-hybridized carbons (Fsp3) is 0.188. The molecule has 2 N–H and O–H groups in total. The summed E-state index contributed by atoms with van der Waals surface area (Å²) in [7, 11) is -5.56. The van der Waals surface area contributed by atoms with Crippen LogP contribution in [0, 0.1) is 11.6 Å². The Morgan fingerprint density at radius 1 is 0.926 bits per heavy atom. The summed E-state index contributed by atoms with van der Waals surface area (Å²) in [5.74, 6) is -3.19. The van der Waals surface area contributed by atoms with Gasteiger partial charge in [-0.3, -0.25) is 4.79 Å². The van der Waals surface area contributed by atoms with E-state index in [0.29, 0.717) is 0 Å². The van der Waals surface area contributed by atoms with Crippen molar-refractivity contribution >= 4 is 21.4 Å². The minimum absolute atomic E-state index is 0.188. The van der Waals surface area contributed by atoms with Gasteiger partial charge in [-0.2, -0.15) is 13.2 Å². The molecule has 0 saturated heterocycles. The molecule has 0 saturated carbocycles. The van der Waals surface area contributed by atoms with Crippen molar-refractivity contribution in [3.63, 3.8) is 0 Å². The molecule has 0 aromatic heterocycles. The standard InChI is InChI=1S/C16H13F5N2O3S/c17-10-4-3-5-11(18)14(10)15(24)23-9-8-22-12-6-1-2-7-13(12)27(25,26)16(19,20)21/h1-7,22H,8-9H2,(H,23,24). The third-order valence-electron chi connectivity index (χ3n) is 3.40. The highest BCUT2D eigenvalue weighted by Gasteiger charge is 2.47. The normalized spacial score (nSPS) is 11.9. The summed E-state index contributed by atoms with van der Waals surface area (Å²) in [6.07, 6.45) is 0. The van der Waals surface area contributed by atoms with Crippen molar-refractivity contribution in [2.45, 2.75) is 10.4 Å². The molecule has 0 unspecified atom stereocenters. The Morgan fingerprint density at radius 3 is 2.11 bits per heavy atom. The van der Waals surface area contributed by atoms with Crippen LogP contribution in [0.1, 0.15) is 10.4 Å². The smallest absolute Gasteiger partial charge is 0.382 e. The van der Waals surface area contributed by atoms with E-state index in [4.69, 9.17) is 0 Å². The average Bonchev–Trinajstić information content (AvgIpc) is 2.58. The zero-order valence-corrected chi connectivity index (χ0v) is 14.3. The first kappa shape index (κ1) is 20.6. The van der Waals surface area contributed by atoms with Gasteiger partial charge in [-0.15, -0.1) is 0 Å². The molecule has 27 heavy (non-hydrogen) atoms. The van der Waals surface area contributed by atoms with Crippen LogP contribution in [0.4, 0.5) is 27.6 Å². The minimum atomic E-state index is -5.56. The van der Waals surface area contributed by atoms with E-state index in [1.54, 1.807) is 0 Å². The Labute approximate surface area is 151 Å². The highest BCUT2D eigenvalue weighted by atomic mass is 32.2. The largest absolute Gasteiger partial charge is 0.501 e. The van der Waals surface area contributed by atoms with Crippen LogP contribution in [-0.2, 0) is 9.84 Å². The van der Waals surface area contributed by atoms with Crippen LogP contribution in [0.15, 0.2) is 47.4 Å². The number of para-hydroxylation sites is 1. The van der Waals surface area contributed by atoms with E-state index in [1.807, 2.05) is 0 Å². The number of carbonyl (C=O) groups is 1. The monoisotopic (exact) mass is 408 g/mol. The summed E-state index contributed by atoms with van der Waals surface area (Å²) in [6.45, 7) is -0.417. The van der Waals surface area contributed by atoms with E-state index in [9.17, 15) is 35.2 Å². The van der Waals surface area contributed by atoms with Crippen LogP contribution >= 0.6 is 0 Å². The van der Waals surface area contributed by atoms with Crippen LogP contribution in [0.2, 0.25) is 0 Å². The third kappa shape index (κ3) is 4.54. The Kier molecular flexibility index (Phi) is 6.04. The fourth-order valence-electron chi connectivity index (χ4n) is 2.15. The van der Waals surface area contributed by atoms with Gasteiger partial charge in [-0.25, -0.2) is 17.2 Å². The predicted molar refractivity (Wildman–Crippen MR) is 86.9 cm³/mol. The van der Waals surface area contributed by atoms with Crippen molar-refractivity contribution in [3.8, 4) is 0 Å². The number of alkyl halides is 3. The second-order valence-electron chi connectivity index (χ2n) is 5.22. The molecule has 11 heteroatoms. The lowest BCUT2D eigenvalue weighted by Crippen LogP contribution is -2.30. The number of anilines is 1. The maximum atomic E-state index is 13.5. The number of halogens is 5. The second-order valence-corrected chi connectivity index (χ2v) is 7.13. The molecule has 0 aliphatic rings. The molecule has 0 fully saturated rings. The van der Waals surface area contributed by atoms with Crippen LogP contribution < -0.4 is 10.6 Å². The number of benzene rings is 2. The van der Waals surface area contributed by atoms with Gasteiger partial charge in [0.25, 0.3) is 15.7 Å². The Hall–Kier alpha value is -2.69. The van der Waals surface area contributed by atoms with Crippen molar-refractivity contribution in [2.75, 3.05) is 18.4 Å². The third-order valence-corrected chi connectivity index (χ3v) is 4.94. The van der Waals surface area contributed by atoms with Gasteiger partial charge in [0.2, 0.25) is 0 Å². The van der Waals surface area contributed by atoms with E-state index in [-0.39, 0.29) is 18.8 Å². The van der Waals surface area contributed by atoms with Gasteiger partial charge in [-0.1, -0.05) is 18.2 Å². The lowest BCUT2D eigenvalue weighted by atomic mass is 10.2. The van der Waals surface area contributed by atoms with E-state index in [2.05, 4.69) is 10.6 Å². The molecule has 0 atom stereocenters. The summed E-state index contributed by atoms with van der Waals surface area (Å²) in [6, 6.07) is 7.25. The first-order valence-corrected chi connectivity index (χ1v) is 8.90. The minimum Gasteiger partial charge on any atom is -0.382 e. The van der Waals surface area contributed by atoms with Gasteiger partial charge in [0.1, 0.15) is 17.2 Å². The summed E-state index contributed by atoms with van der Waals surface area (Å²) >= 11 is 0. The van der Waals surface area contributed by atoms with Gasteiger partial charge < -0.3 is 10.6 Å². The number of rotatable bonds is 6. The zero-order valence-electron chi connectivity index (χ0n) is 13.5. The molecule has 2 aromatic rings. The highest BCUT2D eigenvalue weighted by Crippen LogP contribution is 2.34. The van der Waals surface area contributed by atoms with E-state index in [0.717, 1.165) is 36.4 Å². The quantitative estimate of drug-likeness (QED) is 0.569. The Bertz CT molecular complexity index is 925. The van der Waals surface area contributed by atoms with Gasteiger partial charge in [0.05, 0.1) is 10.6 Å². The molecule has 2 rings (SSSR count). The Balaban J connectivity index is 2.04. The fourth-order valence-corrected chi connectivity index (χ4v) is 3.08. The van der Waals surface area contributed by atoms with Crippen LogP contribution in [0.3, 0.4) is 0 Å². The van der Waals surface area contributed by atoms with Crippen molar-refractivity contribution in [2.24, 2.45) is 0 Å². The molecule has 146 valence electrons. The first-order valence-electron chi connectivity index (χ1n) is 7.42. The maximum Gasteiger partial charge on any atom is 0.501 e. The summed E-state index contributed by atoms with van der Waals surface area (Å²) in [5, 5.41) is 4.63. The molecule has 0 radical (unpaired) electrons. The summed E-state index contributed by atoms with van der Waals surface area (Å²) in [5.41, 5.74) is -6.58. The molecule has 0 heterocycles.